The molecule has 0 bridgehead atoms. The Morgan fingerprint density at radius 3 is 2.00 bits per heavy atom. The predicted octanol–water partition coefficient (Wildman–Crippen LogP) is 4.13. The molecule has 2 unspecified atom stereocenters. The first-order chi connectivity index (χ1) is 9.51. The second kappa shape index (κ2) is 7.31. The molecule has 0 amide bonds. The van der Waals surface area contributed by atoms with Crippen LogP contribution in [0.2, 0.25) is 5.02 Å². The van der Waals surface area contributed by atoms with Crippen molar-refractivity contribution in [3.8, 4) is 29.1 Å². The monoisotopic (exact) mass is 296 g/mol. The Labute approximate surface area is 126 Å². The molecule has 2 atom stereocenters. The van der Waals surface area contributed by atoms with Gasteiger partial charge in [0.05, 0.1) is 26.4 Å². The Morgan fingerprint density at radius 1 is 1.00 bits per heavy atom. The van der Waals surface area contributed by atoms with Crippen molar-refractivity contribution in [1.82, 2.24) is 0 Å². The Balaban J connectivity index is 3.46. The van der Waals surface area contributed by atoms with E-state index in [-0.39, 0.29) is 11.8 Å². The molecule has 0 spiro atoms. The standard InChI is InChI=1S/C16H21ClO3/c1-7-8-10(2)11(3)12-9-13(17)15(19-5)16(20-6)14(12)18-4/h9-11H,1-6H3. The fourth-order valence-corrected chi connectivity index (χ4v) is 2.44. The van der Waals surface area contributed by atoms with Gasteiger partial charge in [-0.25, -0.2) is 0 Å². The van der Waals surface area contributed by atoms with Gasteiger partial charge in [-0.1, -0.05) is 31.4 Å². The molecule has 0 radical (unpaired) electrons. The molecule has 1 aromatic carbocycles. The molecule has 0 aliphatic rings. The van der Waals surface area contributed by atoms with Gasteiger partial charge in [0.2, 0.25) is 5.75 Å². The van der Waals surface area contributed by atoms with Gasteiger partial charge in [-0.2, -0.15) is 0 Å². The Kier molecular flexibility index (Phi) is 6.04. The van der Waals surface area contributed by atoms with E-state index in [1.807, 2.05) is 13.0 Å². The van der Waals surface area contributed by atoms with Gasteiger partial charge >= 0.3 is 0 Å². The minimum Gasteiger partial charge on any atom is -0.492 e. The molecule has 0 saturated carbocycles. The van der Waals surface area contributed by atoms with Crippen LogP contribution in [0.4, 0.5) is 0 Å². The van der Waals surface area contributed by atoms with E-state index < -0.39 is 0 Å². The average molecular weight is 297 g/mol. The molecular formula is C16H21ClO3. The Morgan fingerprint density at radius 2 is 1.55 bits per heavy atom. The summed E-state index contributed by atoms with van der Waals surface area (Å²) in [5.41, 5.74) is 0.963. The van der Waals surface area contributed by atoms with Gasteiger partial charge < -0.3 is 14.2 Å². The quantitative estimate of drug-likeness (QED) is 0.765. The van der Waals surface area contributed by atoms with Crippen molar-refractivity contribution in [3.05, 3.63) is 16.7 Å². The number of hydrogen-bond acceptors (Lipinski definition) is 3. The first-order valence-electron chi connectivity index (χ1n) is 6.42. The molecule has 0 aromatic heterocycles. The first-order valence-corrected chi connectivity index (χ1v) is 6.80. The molecule has 0 heterocycles. The molecule has 1 aromatic rings. The van der Waals surface area contributed by atoms with Crippen molar-refractivity contribution in [2.45, 2.75) is 26.7 Å². The van der Waals surface area contributed by atoms with Crippen molar-refractivity contribution in [2.24, 2.45) is 5.92 Å². The van der Waals surface area contributed by atoms with Crippen LogP contribution in [-0.4, -0.2) is 21.3 Å². The number of benzene rings is 1. The lowest BCUT2D eigenvalue weighted by atomic mass is 9.88. The largest absolute Gasteiger partial charge is 0.492 e. The van der Waals surface area contributed by atoms with Gasteiger partial charge in [-0.3, -0.25) is 0 Å². The van der Waals surface area contributed by atoms with Gasteiger partial charge in [-0.05, 0) is 18.9 Å². The molecule has 4 heteroatoms. The summed E-state index contributed by atoms with van der Waals surface area (Å²) in [5.74, 6) is 8.09. The minimum absolute atomic E-state index is 0.162. The van der Waals surface area contributed by atoms with Gasteiger partial charge in [0, 0.05) is 11.5 Å². The Bertz CT molecular complexity index is 529. The minimum atomic E-state index is 0.162. The molecule has 0 aliphatic carbocycles. The van der Waals surface area contributed by atoms with E-state index in [1.165, 1.54) is 0 Å². The summed E-state index contributed by atoms with van der Waals surface area (Å²) in [5, 5.41) is 0.503. The SMILES string of the molecule is CC#CC(C)C(C)c1cc(Cl)c(OC)c(OC)c1OC. The van der Waals surface area contributed by atoms with Gasteiger partial charge in [0.15, 0.2) is 11.5 Å². The van der Waals surface area contributed by atoms with Crippen LogP contribution in [0.3, 0.4) is 0 Å². The molecule has 0 aliphatic heterocycles. The van der Waals surface area contributed by atoms with E-state index in [2.05, 4.69) is 25.7 Å². The highest BCUT2D eigenvalue weighted by Gasteiger charge is 2.25. The highest BCUT2D eigenvalue weighted by Crippen LogP contribution is 2.48. The normalized spacial score (nSPS) is 12.9. The maximum absolute atomic E-state index is 6.27. The second-order valence-electron chi connectivity index (χ2n) is 4.52. The summed E-state index contributed by atoms with van der Waals surface area (Å²) in [6, 6.07) is 1.86. The average Bonchev–Trinajstić information content (AvgIpc) is 2.45. The highest BCUT2D eigenvalue weighted by atomic mass is 35.5. The lowest BCUT2D eigenvalue weighted by Gasteiger charge is -2.22. The zero-order chi connectivity index (χ0) is 15.3. The number of hydrogen-bond donors (Lipinski definition) is 0. The molecule has 0 N–H and O–H groups in total. The lowest BCUT2D eigenvalue weighted by Crippen LogP contribution is -2.08. The molecule has 3 nitrogen and oxygen atoms in total. The second-order valence-corrected chi connectivity index (χ2v) is 4.93. The molecular weight excluding hydrogens is 276 g/mol. The third-order valence-electron chi connectivity index (χ3n) is 3.40. The molecule has 20 heavy (non-hydrogen) atoms. The van der Waals surface area contributed by atoms with Crippen LogP contribution in [0.15, 0.2) is 6.07 Å². The van der Waals surface area contributed by atoms with E-state index in [9.17, 15) is 0 Å². The smallest absolute Gasteiger partial charge is 0.205 e. The fourth-order valence-electron chi connectivity index (χ4n) is 2.16. The van der Waals surface area contributed by atoms with E-state index in [4.69, 9.17) is 25.8 Å². The summed E-state index contributed by atoms with van der Waals surface area (Å²) >= 11 is 6.27. The van der Waals surface area contributed by atoms with Gasteiger partial charge in [-0.15, -0.1) is 5.92 Å². The maximum atomic E-state index is 6.27. The van der Waals surface area contributed by atoms with Crippen LogP contribution in [0.25, 0.3) is 0 Å². The summed E-state index contributed by atoms with van der Waals surface area (Å²) in [7, 11) is 4.73. The summed E-state index contributed by atoms with van der Waals surface area (Å²) in [6.07, 6.45) is 0. The van der Waals surface area contributed by atoms with E-state index >= 15 is 0 Å². The van der Waals surface area contributed by atoms with E-state index in [1.54, 1.807) is 21.3 Å². The third-order valence-corrected chi connectivity index (χ3v) is 3.68. The number of rotatable bonds is 5. The zero-order valence-corrected chi connectivity index (χ0v) is 13.6. The van der Waals surface area contributed by atoms with Crippen LogP contribution < -0.4 is 14.2 Å². The van der Waals surface area contributed by atoms with Crippen LogP contribution in [0.5, 0.6) is 17.2 Å². The highest BCUT2D eigenvalue weighted by molar-refractivity contribution is 6.32. The number of ether oxygens (including phenoxy) is 3. The molecule has 0 saturated heterocycles. The van der Waals surface area contributed by atoms with Crippen molar-refractivity contribution in [2.75, 3.05) is 21.3 Å². The van der Waals surface area contributed by atoms with Crippen LogP contribution in [-0.2, 0) is 0 Å². The third kappa shape index (κ3) is 3.13. The number of methoxy groups -OCH3 is 3. The van der Waals surface area contributed by atoms with Crippen LogP contribution in [0.1, 0.15) is 32.3 Å². The van der Waals surface area contributed by atoms with Crippen LogP contribution >= 0.6 is 11.6 Å². The summed E-state index contributed by atoms with van der Waals surface area (Å²) in [6.45, 7) is 6.00. The topological polar surface area (TPSA) is 27.7 Å². The van der Waals surface area contributed by atoms with Crippen LogP contribution in [0, 0.1) is 17.8 Å². The summed E-state index contributed by atoms with van der Waals surface area (Å²) in [4.78, 5) is 0. The molecule has 0 fully saturated rings. The molecule has 1 rings (SSSR count). The predicted molar refractivity (Wildman–Crippen MR) is 82.1 cm³/mol. The zero-order valence-electron chi connectivity index (χ0n) is 12.8. The fraction of sp³-hybridized carbons (Fsp3) is 0.500. The van der Waals surface area contributed by atoms with Gasteiger partial charge in [0.1, 0.15) is 0 Å². The maximum Gasteiger partial charge on any atom is 0.205 e. The van der Waals surface area contributed by atoms with Crippen molar-refractivity contribution in [1.29, 1.82) is 0 Å². The van der Waals surface area contributed by atoms with E-state index in [0.717, 1.165) is 5.56 Å². The lowest BCUT2D eigenvalue weighted by molar-refractivity contribution is 0.320. The Hall–Kier alpha value is -1.53. The molecule has 110 valence electrons. The van der Waals surface area contributed by atoms with Crippen molar-refractivity contribution < 1.29 is 14.2 Å². The number of halogens is 1. The van der Waals surface area contributed by atoms with Crippen molar-refractivity contribution >= 4 is 11.6 Å². The summed E-state index contributed by atoms with van der Waals surface area (Å²) < 4.78 is 16.2. The first kappa shape index (κ1) is 16.5. The van der Waals surface area contributed by atoms with E-state index in [0.29, 0.717) is 22.3 Å². The van der Waals surface area contributed by atoms with Crippen molar-refractivity contribution in [3.63, 3.8) is 0 Å². The van der Waals surface area contributed by atoms with Gasteiger partial charge in [0.25, 0.3) is 0 Å².